The summed E-state index contributed by atoms with van der Waals surface area (Å²) < 4.78 is 0. The number of hydrogen-bond donors (Lipinski definition) is 1. The largest absolute Gasteiger partial charge is 0.320 e. The van der Waals surface area contributed by atoms with Crippen molar-refractivity contribution in [1.82, 2.24) is 5.32 Å². The van der Waals surface area contributed by atoms with Crippen molar-refractivity contribution in [3.63, 3.8) is 0 Å². The Morgan fingerprint density at radius 1 is 1.27 bits per heavy atom. The van der Waals surface area contributed by atoms with E-state index in [1.54, 1.807) is 0 Å². The second-order valence-electron chi connectivity index (χ2n) is 3.36. The second-order valence-corrected chi connectivity index (χ2v) is 7.24. The van der Waals surface area contributed by atoms with Crippen LogP contribution in [0.25, 0.3) is 0 Å². The lowest BCUT2D eigenvalue weighted by atomic mass is 10.4. The average molecular weight is 173 g/mol. The van der Waals surface area contributed by atoms with E-state index in [9.17, 15) is 0 Å². The van der Waals surface area contributed by atoms with Gasteiger partial charge >= 0.3 is 0 Å². The maximum absolute atomic E-state index is 3.48. The lowest BCUT2D eigenvalue weighted by molar-refractivity contribution is 0.781. The van der Waals surface area contributed by atoms with Crippen LogP contribution in [0.4, 0.5) is 0 Å². The summed E-state index contributed by atoms with van der Waals surface area (Å²) in [5.41, 5.74) is 1.01. The molecule has 0 aromatic rings. The summed E-state index contributed by atoms with van der Waals surface area (Å²) in [4.78, 5) is 0. The Kier molecular flexibility index (Phi) is 6.97. The third kappa shape index (κ3) is 4.59. The maximum Gasteiger partial charge on any atom is 0.0552 e. The summed E-state index contributed by atoms with van der Waals surface area (Å²) in [5, 5.41) is 3.48. The smallest absolute Gasteiger partial charge is 0.0552 e. The molecule has 1 N–H and O–H groups in total. The Balaban J connectivity index is 3.56. The fraction of sp³-hybridized carbons (Fsp3) is 1.00. The highest BCUT2D eigenvalue weighted by Gasteiger charge is 2.13. The van der Waals surface area contributed by atoms with Crippen LogP contribution in [-0.4, -0.2) is 21.5 Å². The van der Waals surface area contributed by atoms with E-state index < -0.39 is 8.80 Å². The first-order valence-electron chi connectivity index (χ1n) is 4.96. The minimum absolute atomic E-state index is 0.436. The van der Waals surface area contributed by atoms with Crippen molar-refractivity contribution >= 4 is 8.80 Å². The zero-order valence-corrected chi connectivity index (χ0v) is 9.64. The molecule has 0 aromatic heterocycles. The van der Waals surface area contributed by atoms with Crippen LogP contribution in [-0.2, 0) is 0 Å². The summed E-state index contributed by atoms with van der Waals surface area (Å²) >= 11 is 0. The number of nitrogens with one attached hydrogen (secondary N) is 1. The van der Waals surface area contributed by atoms with Gasteiger partial charge in [0.2, 0.25) is 0 Å². The molecule has 0 aliphatic carbocycles. The third-order valence-electron chi connectivity index (χ3n) is 2.63. The van der Waals surface area contributed by atoms with Gasteiger partial charge in [0.15, 0.2) is 0 Å². The van der Waals surface area contributed by atoms with Crippen molar-refractivity contribution in [1.29, 1.82) is 0 Å². The van der Waals surface area contributed by atoms with Gasteiger partial charge in [-0.3, -0.25) is 0 Å². The SMILES string of the molecule is CCNC[SiH](CC)C(C)CC. The predicted molar refractivity (Wildman–Crippen MR) is 55.9 cm³/mol. The van der Waals surface area contributed by atoms with Gasteiger partial charge in [-0.2, -0.15) is 0 Å². The molecule has 0 amide bonds. The monoisotopic (exact) mass is 173 g/mol. The fourth-order valence-electron chi connectivity index (χ4n) is 1.41. The molecule has 11 heavy (non-hydrogen) atoms. The molecule has 0 heterocycles. The lowest BCUT2D eigenvalue weighted by Gasteiger charge is -2.19. The molecule has 0 aliphatic heterocycles. The molecule has 0 aliphatic rings. The fourth-order valence-corrected chi connectivity index (χ4v) is 4.23. The zero-order valence-electron chi connectivity index (χ0n) is 8.48. The lowest BCUT2D eigenvalue weighted by Crippen LogP contribution is -2.32. The number of hydrogen-bond acceptors (Lipinski definition) is 1. The average Bonchev–Trinajstić information content (AvgIpc) is 2.05. The standard InChI is InChI=1S/C9H23NSi/c1-5-9(4)11(7-3)8-10-6-2/h9-11H,5-8H2,1-4H3. The van der Waals surface area contributed by atoms with Crippen LogP contribution in [0.5, 0.6) is 0 Å². The molecule has 2 heteroatoms. The molecule has 1 nitrogen and oxygen atoms in total. The van der Waals surface area contributed by atoms with Crippen molar-refractivity contribution in [2.24, 2.45) is 0 Å². The normalized spacial score (nSPS) is 16.4. The minimum atomic E-state index is -0.436. The highest BCUT2D eigenvalue weighted by Crippen LogP contribution is 2.15. The van der Waals surface area contributed by atoms with Gasteiger partial charge in [0.05, 0.1) is 8.80 Å². The van der Waals surface area contributed by atoms with Crippen LogP contribution >= 0.6 is 0 Å². The van der Waals surface area contributed by atoms with Gasteiger partial charge in [0, 0.05) is 0 Å². The quantitative estimate of drug-likeness (QED) is 0.607. The topological polar surface area (TPSA) is 12.0 Å². The van der Waals surface area contributed by atoms with Gasteiger partial charge in [-0.25, -0.2) is 0 Å². The van der Waals surface area contributed by atoms with E-state index in [1.807, 2.05) is 0 Å². The molecule has 0 spiro atoms. The van der Waals surface area contributed by atoms with Crippen LogP contribution < -0.4 is 5.32 Å². The summed E-state index contributed by atoms with van der Waals surface area (Å²) in [5.74, 6) is 0. The maximum atomic E-state index is 3.48. The first-order valence-corrected chi connectivity index (χ1v) is 7.26. The van der Waals surface area contributed by atoms with Gasteiger partial charge in [-0.15, -0.1) is 0 Å². The Morgan fingerprint density at radius 3 is 2.27 bits per heavy atom. The summed E-state index contributed by atoms with van der Waals surface area (Å²) in [6.07, 6.45) is 2.71. The van der Waals surface area contributed by atoms with Crippen molar-refractivity contribution in [3.05, 3.63) is 0 Å². The Labute approximate surface area is 73.2 Å². The Morgan fingerprint density at radius 2 is 1.91 bits per heavy atom. The molecule has 68 valence electrons. The van der Waals surface area contributed by atoms with E-state index in [2.05, 4.69) is 33.0 Å². The zero-order chi connectivity index (χ0) is 8.69. The van der Waals surface area contributed by atoms with E-state index in [0.717, 1.165) is 12.1 Å². The van der Waals surface area contributed by atoms with Gasteiger partial charge in [-0.05, 0) is 12.7 Å². The summed E-state index contributed by atoms with van der Waals surface area (Å²) in [6, 6.07) is 1.45. The molecule has 0 radical (unpaired) electrons. The summed E-state index contributed by atoms with van der Waals surface area (Å²) in [7, 11) is -0.436. The van der Waals surface area contributed by atoms with E-state index in [4.69, 9.17) is 0 Å². The third-order valence-corrected chi connectivity index (χ3v) is 6.57. The molecule has 2 atom stereocenters. The molecule has 0 saturated heterocycles. The molecular formula is C9H23NSi. The molecule has 0 rings (SSSR count). The molecule has 0 saturated carbocycles. The predicted octanol–water partition coefficient (Wildman–Crippen LogP) is 2.18. The van der Waals surface area contributed by atoms with E-state index in [0.29, 0.717) is 0 Å². The van der Waals surface area contributed by atoms with Crippen LogP contribution in [0.3, 0.4) is 0 Å². The van der Waals surface area contributed by atoms with Crippen molar-refractivity contribution in [2.45, 2.75) is 45.7 Å². The van der Waals surface area contributed by atoms with Crippen LogP contribution in [0.1, 0.15) is 34.1 Å². The number of rotatable bonds is 6. The Hall–Kier alpha value is 0.177. The van der Waals surface area contributed by atoms with Crippen LogP contribution in [0, 0.1) is 0 Å². The van der Waals surface area contributed by atoms with Crippen molar-refractivity contribution < 1.29 is 0 Å². The highest BCUT2D eigenvalue weighted by molar-refractivity contribution is 6.60. The van der Waals surface area contributed by atoms with Gasteiger partial charge in [0.1, 0.15) is 0 Å². The van der Waals surface area contributed by atoms with Gasteiger partial charge in [0.25, 0.3) is 0 Å². The molecule has 0 fully saturated rings. The minimum Gasteiger partial charge on any atom is -0.320 e. The molecule has 0 aromatic carbocycles. The van der Waals surface area contributed by atoms with Gasteiger partial charge in [-0.1, -0.05) is 45.7 Å². The van der Waals surface area contributed by atoms with Gasteiger partial charge < -0.3 is 5.32 Å². The van der Waals surface area contributed by atoms with E-state index in [-0.39, 0.29) is 0 Å². The van der Waals surface area contributed by atoms with Crippen LogP contribution in [0.15, 0.2) is 0 Å². The van der Waals surface area contributed by atoms with E-state index in [1.165, 1.54) is 18.6 Å². The molecule has 0 bridgehead atoms. The molecular weight excluding hydrogens is 150 g/mol. The summed E-state index contributed by atoms with van der Waals surface area (Å²) in [6.45, 7) is 10.4. The first-order chi connectivity index (χ1) is 5.26. The molecule has 2 unspecified atom stereocenters. The second kappa shape index (κ2) is 6.86. The Bertz CT molecular complexity index is 85.6. The van der Waals surface area contributed by atoms with E-state index >= 15 is 0 Å². The highest BCUT2D eigenvalue weighted by atomic mass is 28.3. The first kappa shape index (κ1) is 11.2. The van der Waals surface area contributed by atoms with Crippen molar-refractivity contribution in [2.75, 3.05) is 12.7 Å². The van der Waals surface area contributed by atoms with Crippen LogP contribution in [0.2, 0.25) is 11.6 Å². The van der Waals surface area contributed by atoms with Crippen molar-refractivity contribution in [3.8, 4) is 0 Å².